The van der Waals surface area contributed by atoms with Gasteiger partial charge in [0.15, 0.2) is 0 Å². The molecule has 1 heterocycles. The number of carbonyl (C=O) groups is 2. The molecule has 2 N–H and O–H groups in total. The summed E-state index contributed by atoms with van der Waals surface area (Å²) < 4.78 is 77.3. The fourth-order valence-corrected chi connectivity index (χ4v) is 2.30. The first-order valence-corrected chi connectivity index (χ1v) is 7.58. The van der Waals surface area contributed by atoms with Gasteiger partial charge in [-0.3, -0.25) is 4.79 Å². The minimum absolute atomic E-state index is 0.128. The van der Waals surface area contributed by atoms with E-state index in [0.29, 0.717) is 0 Å². The number of rotatable bonds is 3. The summed E-state index contributed by atoms with van der Waals surface area (Å²) in [4.78, 5) is 26.9. The van der Waals surface area contributed by atoms with Gasteiger partial charge < -0.3 is 10.4 Å². The monoisotopic (exact) mass is 456 g/mol. The van der Waals surface area contributed by atoms with Crippen molar-refractivity contribution in [3.05, 3.63) is 57.2 Å². The third kappa shape index (κ3) is 4.96. The smallest absolute Gasteiger partial charge is 0.416 e. The van der Waals surface area contributed by atoms with Gasteiger partial charge in [0.1, 0.15) is 11.4 Å². The zero-order chi connectivity index (χ0) is 20.6. The third-order valence-corrected chi connectivity index (χ3v) is 3.60. The molecule has 2 rings (SSSR count). The maximum absolute atomic E-state index is 12.8. The molecule has 0 atom stereocenters. The normalized spacial score (nSPS) is 12.0. The lowest BCUT2D eigenvalue weighted by molar-refractivity contribution is -0.143. The maximum atomic E-state index is 12.8. The van der Waals surface area contributed by atoms with Crippen molar-refractivity contribution in [1.29, 1.82) is 0 Å². The summed E-state index contributed by atoms with van der Waals surface area (Å²) in [6.07, 6.45) is -9.16. The first-order valence-electron chi connectivity index (χ1n) is 6.78. The molecule has 5 nitrogen and oxygen atoms in total. The molecule has 0 aliphatic heterocycles. The van der Waals surface area contributed by atoms with Crippen LogP contribution >= 0.6 is 15.9 Å². The van der Waals surface area contributed by atoms with Gasteiger partial charge >= 0.3 is 18.3 Å². The van der Waals surface area contributed by atoms with Gasteiger partial charge in [0.2, 0.25) is 0 Å². The molecule has 0 fully saturated rings. The average Bonchev–Trinajstić information content (AvgIpc) is 2.54. The number of carbonyl (C=O) groups excluding carboxylic acids is 1. The van der Waals surface area contributed by atoms with Crippen LogP contribution in [0.4, 0.5) is 32.2 Å². The van der Waals surface area contributed by atoms with E-state index >= 15 is 0 Å². The van der Waals surface area contributed by atoms with Gasteiger partial charge in [-0.2, -0.15) is 26.3 Å². The van der Waals surface area contributed by atoms with Crippen molar-refractivity contribution >= 4 is 33.6 Å². The Hall–Kier alpha value is -2.63. The first kappa shape index (κ1) is 20.7. The van der Waals surface area contributed by atoms with Crippen molar-refractivity contribution in [2.75, 3.05) is 5.32 Å². The molecule has 0 spiro atoms. The van der Waals surface area contributed by atoms with E-state index in [9.17, 15) is 35.9 Å². The second kappa shape index (κ2) is 7.18. The summed E-state index contributed by atoms with van der Waals surface area (Å²) >= 11 is 2.95. The van der Waals surface area contributed by atoms with Crippen LogP contribution in [0.25, 0.3) is 0 Å². The van der Waals surface area contributed by atoms with Gasteiger partial charge in [-0.05, 0) is 40.2 Å². The number of aromatic nitrogens is 1. The van der Waals surface area contributed by atoms with E-state index in [1.165, 1.54) is 0 Å². The predicted molar refractivity (Wildman–Crippen MR) is 83.3 cm³/mol. The lowest BCUT2D eigenvalue weighted by Crippen LogP contribution is -2.19. The molecule has 0 aliphatic rings. The summed E-state index contributed by atoms with van der Waals surface area (Å²) in [7, 11) is 0. The number of hydrogen-bond acceptors (Lipinski definition) is 3. The highest BCUT2D eigenvalue weighted by molar-refractivity contribution is 9.10. The SMILES string of the molecule is O=C(Nc1ncc(Br)cc1C(=O)O)c1cc(C(F)(F)F)cc(C(F)(F)F)c1. The number of amides is 1. The molecule has 27 heavy (non-hydrogen) atoms. The van der Waals surface area contributed by atoms with E-state index < -0.39 is 52.3 Å². The summed E-state index contributed by atoms with van der Waals surface area (Å²) in [5.74, 6) is -3.44. The summed E-state index contributed by atoms with van der Waals surface area (Å²) in [6, 6.07) is 1.38. The van der Waals surface area contributed by atoms with Crippen molar-refractivity contribution < 1.29 is 41.0 Å². The highest BCUT2D eigenvalue weighted by atomic mass is 79.9. The van der Waals surface area contributed by atoms with E-state index in [4.69, 9.17) is 5.11 Å². The fraction of sp³-hybridized carbons (Fsp3) is 0.133. The van der Waals surface area contributed by atoms with E-state index in [1.54, 1.807) is 0 Å². The number of halogens is 7. The summed E-state index contributed by atoms with van der Waals surface area (Å²) in [6.45, 7) is 0. The second-order valence-corrected chi connectivity index (χ2v) is 6.02. The number of pyridine rings is 1. The largest absolute Gasteiger partial charge is 0.478 e. The van der Waals surface area contributed by atoms with Crippen LogP contribution in [0.1, 0.15) is 31.8 Å². The van der Waals surface area contributed by atoms with Crippen LogP contribution in [-0.4, -0.2) is 22.0 Å². The zero-order valence-electron chi connectivity index (χ0n) is 12.7. The molecule has 0 saturated heterocycles. The van der Waals surface area contributed by atoms with Crippen molar-refractivity contribution in [3.63, 3.8) is 0 Å². The number of benzene rings is 1. The number of carboxylic acid groups (broad SMARTS) is 1. The number of nitrogens with zero attached hydrogens (tertiary/aromatic N) is 1. The van der Waals surface area contributed by atoms with Crippen LogP contribution in [0.5, 0.6) is 0 Å². The van der Waals surface area contributed by atoms with Gasteiger partial charge in [-0.15, -0.1) is 0 Å². The van der Waals surface area contributed by atoms with Gasteiger partial charge in [0.25, 0.3) is 5.91 Å². The van der Waals surface area contributed by atoms with Crippen molar-refractivity contribution in [1.82, 2.24) is 4.98 Å². The topological polar surface area (TPSA) is 79.3 Å². The zero-order valence-corrected chi connectivity index (χ0v) is 14.3. The van der Waals surface area contributed by atoms with Gasteiger partial charge in [-0.25, -0.2) is 9.78 Å². The molecule has 0 radical (unpaired) electrons. The standard InChI is InChI=1S/C15H7BrF6N2O3/c16-9-4-10(13(26)27)11(23-5-9)24-12(25)6-1-7(14(17,18)19)3-8(2-6)15(20,21)22/h1-5H,(H,26,27)(H,23,24,25). The number of nitrogens with one attached hydrogen (secondary N) is 1. The maximum Gasteiger partial charge on any atom is 0.416 e. The highest BCUT2D eigenvalue weighted by Gasteiger charge is 2.37. The molecule has 1 amide bonds. The van der Waals surface area contributed by atoms with E-state index in [0.717, 1.165) is 12.3 Å². The van der Waals surface area contributed by atoms with E-state index in [2.05, 4.69) is 20.9 Å². The molecule has 2 aromatic rings. The Balaban J connectivity index is 2.49. The van der Waals surface area contributed by atoms with Crippen molar-refractivity contribution in [2.45, 2.75) is 12.4 Å². The molecule has 0 saturated carbocycles. The summed E-state index contributed by atoms with van der Waals surface area (Å²) in [5, 5.41) is 11.0. The molecule has 0 unspecified atom stereocenters. The molecular weight excluding hydrogens is 450 g/mol. The Bertz CT molecular complexity index is 879. The minimum Gasteiger partial charge on any atom is -0.478 e. The van der Waals surface area contributed by atoms with Crippen LogP contribution < -0.4 is 5.32 Å². The molecule has 1 aromatic carbocycles. The van der Waals surface area contributed by atoms with Crippen LogP contribution in [0.2, 0.25) is 0 Å². The fourth-order valence-electron chi connectivity index (χ4n) is 1.97. The Labute approximate surface area is 155 Å². The van der Waals surface area contributed by atoms with E-state index in [-0.39, 0.29) is 22.7 Å². The van der Waals surface area contributed by atoms with Crippen LogP contribution in [0.15, 0.2) is 34.9 Å². The number of alkyl halides is 6. The minimum atomic E-state index is -5.13. The molecular formula is C15H7BrF6N2O3. The lowest BCUT2D eigenvalue weighted by Gasteiger charge is -2.14. The number of anilines is 1. The molecule has 1 aromatic heterocycles. The highest BCUT2D eigenvalue weighted by Crippen LogP contribution is 2.36. The van der Waals surface area contributed by atoms with Crippen molar-refractivity contribution in [3.8, 4) is 0 Å². The van der Waals surface area contributed by atoms with Crippen LogP contribution in [0.3, 0.4) is 0 Å². The van der Waals surface area contributed by atoms with Crippen LogP contribution in [-0.2, 0) is 12.4 Å². The molecule has 0 aliphatic carbocycles. The number of hydrogen-bond donors (Lipinski definition) is 2. The molecule has 0 bridgehead atoms. The third-order valence-electron chi connectivity index (χ3n) is 3.17. The lowest BCUT2D eigenvalue weighted by atomic mass is 10.0. The first-order chi connectivity index (χ1) is 12.3. The van der Waals surface area contributed by atoms with Gasteiger partial charge in [0.05, 0.1) is 11.1 Å². The molecule has 12 heteroatoms. The van der Waals surface area contributed by atoms with Gasteiger partial charge in [-0.1, -0.05) is 0 Å². The van der Waals surface area contributed by atoms with Crippen LogP contribution in [0, 0.1) is 0 Å². The summed E-state index contributed by atoms with van der Waals surface area (Å²) in [5.41, 5.74) is -4.83. The average molecular weight is 457 g/mol. The number of aromatic carboxylic acids is 1. The molecule has 144 valence electrons. The quantitative estimate of drug-likeness (QED) is 0.648. The number of carboxylic acids is 1. The Kier molecular flexibility index (Phi) is 5.50. The van der Waals surface area contributed by atoms with Gasteiger partial charge in [0, 0.05) is 16.2 Å². The second-order valence-electron chi connectivity index (χ2n) is 5.10. The van der Waals surface area contributed by atoms with Crippen molar-refractivity contribution in [2.24, 2.45) is 0 Å². The van der Waals surface area contributed by atoms with E-state index in [1.807, 2.05) is 5.32 Å². The Morgan fingerprint density at radius 1 is 0.963 bits per heavy atom. The predicted octanol–water partition coefficient (Wildman–Crippen LogP) is 4.83. The Morgan fingerprint density at radius 2 is 1.48 bits per heavy atom. The Morgan fingerprint density at radius 3 is 1.93 bits per heavy atom.